The number of hydrogen-bond donors (Lipinski definition) is 1. The molecule has 3 rings (SSSR count). The van der Waals surface area contributed by atoms with E-state index in [0.29, 0.717) is 28.0 Å². The zero-order chi connectivity index (χ0) is 13.6. The molecule has 0 saturated heterocycles. The Balaban J connectivity index is 2.11. The third-order valence-electron chi connectivity index (χ3n) is 3.33. The molecule has 1 aromatic carbocycles. The number of rotatable bonds is 2. The van der Waals surface area contributed by atoms with Crippen LogP contribution < -0.4 is 5.76 Å². The number of hydrogen-bond acceptors (Lipinski definition) is 4. The first-order valence-electron chi connectivity index (χ1n) is 5.89. The topological polar surface area (TPSA) is 68.5 Å². The molecule has 0 saturated carbocycles. The molecule has 1 unspecified atom stereocenters. The lowest BCUT2D eigenvalue weighted by Crippen LogP contribution is -2.08. The standard InChI is InChI=1S/C14H13NO4/c1-8-10(5-6-18-8)13(16)9-3-4-11-12(7-9)19-14(17)15(11)2/h3-7,13,16H,1-2H3. The van der Waals surface area contributed by atoms with Gasteiger partial charge in [-0.3, -0.25) is 4.57 Å². The lowest BCUT2D eigenvalue weighted by atomic mass is 10.0. The highest BCUT2D eigenvalue weighted by atomic mass is 16.4. The molecule has 0 aliphatic heterocycles. The van der Waals surface area contributed by atoms with E-state index in [1.165, 1.54) is 10.8 Å². The van der Waals surface area contributed by atoms with Gasteiger partial charge in [-0.15, -0.1) is 0 Å². The van der Waals surface area contributed by atoms with Crippen LogP contribution in [0.3, 0.4) is 0 Å². The Morgan fingerprint density at radius 3 is 2.79 bits per heavy atom. The molecule has 1 N–H and O–H groups in total. The number of oxazole rings is 1. The van der Waals surface area contributed by atoms with Gasteiger partial charge in [-0.05, 0) is 30.7 Å². The van der Waals surface area contributed by atoms with Crippen molar-refractivity contribution in [2.75, 3.05) is 0 Å². The largest absolute Gasteiger partial charge is 0.469 e. The summed E-state index contributed by atoms with van der Waals surface area (Å²) in [5, 5.41) is 10.3. The number of furan rings is 1. The van der Waals surface area contributed by atoms with Crippen molar-refractivity contribution < 1.29 is 13.9 Å². The Hall–Kier alpha value is -2.27. The van der Waals surface area contributed by atoms with Crippen molar-refractivity contribution in [1.82, 2.24) is 4.57 Å². The summed E-state index contributed by atoms with van der Waals surface area (Å²) in [5.74, 6) is 0.253. The third-order valence-corrected chi connectivity index (χ3v) is 3.33. The maximum absolute atomic E-state index is 11.4. The van der Waals surface area contributed by atoms with Crippen LogP contribution in [0.2, 0.25) is 0 Å². The summed E-state index contributed by atoms with van der Waals surface area (Å²) in [6.07, 6.45) is 0.739. The van der Waals surface area contributed by atoms with Crippen molar-refractivity contribution in [1.29, 1.82) is 0 Å². The van der Waals surface area contributed by atoms with Crippen LogP contribution >= 0.6 is 0 Å². The number of aliphatic hydroxyl groups is 1. The molecule has 0 spiro atoms. The van der Waals surface area contributed by atoms with Gasteiger partial charge in [-0.25, -0.2) is 4.79 Å². The van der Waals surface area contributed by atoms with Gasteiger partial charge in [-0.2, -0.15) is 0 Å². The Morgan fingerprint density at radius 2 is 2.11 bits per heavy atom. The first-order valence-corrected chi connectivity index (χ1v) is 5.89. The van der Waals surface area contributed by atoms with Gasteiger partial charge in [-0.1, -0.05) is 6.07 Å². The molecule has 0 radical (unpaired) electrons. The predicted molar refractivity (Wildman–Crippen MR) is 69.0 cm³/mol. The summed E-state index contributed by atoms with van der Waals surface area (Å²) in [4.78, 5) is 11.4. The predicted octanol–water partition coefficient (Wildman–Crippen LogP) is 2.11. The second kappa shape index (κ2) is 4.13. The second-order valence-electron chi connectivity index (χ2n) is 4.49. The van der Waals surface area contributed by atoms with Crippen LogP contribution in [-0.4, -0.2) is 9.67 Å². The maximum Gasteiger partial charge on any atom is 0.419 e. The molecule has 5 nitrogen and oxygen atoms in total. The number of aryl methyl sites for hydroxylation is 2. The molecule has 2 heterocycles. The Morgan fingerprint density at radius 1 is 1.32 bits per heavy atom. The summed E-state index contributed by atoms with van der Waals surface area (Å²) < 4.78 is 11.7. The van der Waals surface area contributed by atoms with Crippen molar-refractivity contribution in [2.45, 2.75) is 13.0 Å². The maximum atomic E-state index is 11.4. The quantitative estimate of drug-likeness (QED) is 0.765. The number of fused-ring (bicyclic) bond motifs is 1. The van der Waals surface area contributed by atoms with E-state index in [1.54, 1.807) is 38.2 Å². The van der Waals surface area contributed by atoms with E-state index in [4.69, 9.17) is 8.83 Å². The van der Waals surface area contributed by atoms with Crippen LogP contribution in [0, 0.1) is 6.92 Å². The molecule has 0 amide bonds. The van der Waals surface area contributed by atoms with E-state index in [2.05, 4.69) is 0 Å². The fraction of sp³-hybridized carbons (Fsp3) is 0.214. The molecular weight excluding hydrogens is 246 g/mol. The van der Waals surface area contributed by atoms with Crippen molar-refractivity contribution in [3.8, 4) is 0 Å². The number of benzene rings is 1. The highest BCUT2D eigenvalue weighted by Gasteiger charge is 2.16. The van der Waals surface area contributed by atoms with Crippen LogP contribution in [0.5, 0.6) is 0 Å². The summed E-state index contributed by atoms with van der Waals surface area (Å²) in [7, 11) is 1.64. The molecule has 1 atom stereocenters. The summed E-state index contributed by atoms with van der Waals surface area (Å²) in [6.45, 7) is 1.79. The van der Waals surface area contributed by atoms with Crippen molar-refractivity contribution >= 4 is 11.1 Å². The summed E-state index contributed by atoms with van der Waals surface area (Å²) in [5.41, 5.74) is 2.53. The fourth-order valence-electron chi connectivity index (χ4n) is 2.18. The van der Waals surface area contributed by atoms with Gasteiger partial charge in [0.2, 0.25) is 0 Å². The van der Waals surface area contributed by atoms with Crippen LogP contribution in [0.15, 0.2) is 44.2 Å². The molecular formula is C14H13NO4. The number of nitrogens with zero attached hydrogens (tertiary/aromatic N) is 1. The minimum atomic E-state index is -0.798. The van der Waals surface area contributed by atoms with E-state index in [-0.39, 0.29) is 0 Å². The average Bonchev–Trinajstić information content (AvgIpc) is 2.93. The highest BCUT2D eigenvalue weighted by Crippen LogP contribution is 2.27. The van der Waals surface area contributed by atoms with Crippen LogP contribution in [0.1, 0.15) is 23.0 Å². The van der Waals surface area contributed by atoms with Crippen LogP contribution in [0.4, 0.5) is 0 Å². The molecule has 5 heteroatoms. The first-order chi connectivity index (χ1) is 9.08. The molecule has 19 heavy (non-hydrogen) atoms. The van der Waals surface area contributed by atoms with Crippen molar-refractivity contribution in [3.05, 3.63) is 58.0 Å². The second-order valence-corrected chi connectivity index (χ2v) is 4.49. The van der Waals surface area contributed by atoms with Gasteiger partial charge in [0, 0.05) is 12.6 Å². The summed E-state index contributed by atoms with van der Waals surface area (Å²) in [6, 6.07) is 6.93. The van der Waals surface area contributed by atoms with Gasteiger partial charge in [0.1, 0.15) is 11.9 Å². The number of aromatic nitrogens is 1. The smallest absolute Gasteiger partial charge is 0.419 e. The van der Waals surface area contributed by atoms with E-state index in [0.717, 1.165) is 0 Å². The number of aliphatic hydroxyl groups excluding tert-OH is 1. The van der Waals surface area contributed by atoms with Gasteiger partial charge in [0.05, 0.1) is 11.8 Å². The Kier molecular flexibility index (Phi) is 2.57. The monoisotopic (exact) mass is 259 g/mol. The van der Waals surface area contributed by atoms with Gasteiger partial charge < -0.3 is 13.9 Å². The molecule has 3 aromatic rings. The molecule has 2 aromatic heterocycles. The normalized spacial score (nSPS) is 13.0. The van der Waals surface area contributed by atoms with Gasteiger partial charge >= 0.3 is 5.76 Å². The first kappa shape index (κ1) is 11.8. The average molecular weight is 259 g/mol. The van der Waals surface area contributed by atoms with E-state index >= 15 is 0 Å². The van der Waals surface area contributed by atoms with Crippen molar-refractivity contribution in [2.24, 2.45) is 7.05 Å². The Bertz CT molecular complexity index is 793. The van der Waals surface area contributed by atoms with Gasteiger partial charge in [0.25, 0.3) is 0 Å². The van der Waals surface area contributed by atoms with E-state index in [1.807, 2.05) is 0 Å². The summed E-state index contributed by atoms with van der Waals surface area (Å²) >= 11 is 0. The Labute approximate surface area is 108 Å². The molecule has 0 aliphatic rings. The fourth-order valence-corrected chi connectivity index (χ4v) is 2.18. The minimum Gasteiger partial charge on any atom is -0.469 e. The zero-order valence-electron chi connectivity index (χ0n) is 10.6. The highest BCUT2D eigenvalue weighted by molar-refractivity contribution is 5.74. The van der Waals surface area contributed by atoms with Crippen LogP contribution in [-0.2, 0) is 7.05 Å². The van der Waals surface area contributed by atoms with E-state index < -0.39 is 11.9 Å². The van der Waals surface area contributed by atoms with Gasteiger partial charge in [0.15, 0.2) is 5.58 Å². The third kappa shape index (κ3) is 1.79. The zero-order valence-corrected chi connectivity index (χ0v) is 10.6. The van der Waals surface area contributed by atoms with E-state index in [9.17, 15) is 9.90 Å². The lowest BCUT2D eigenvalue weighted by molar-refractivity contribution is 0.218. The van der Waals surface area contributed by atoms with Crippen molar-refractivity contribution in [3.63, 3.8) is 0 Å². The minimum absolute atomic E-state index is 0.416. The molecule has 0 bridgehead atoms. The molecule has 98 valence electrons. The SMILES string of the molecule is Cc1occc1C(O)c1ccc2c(c1)oc(=O)n2C. The molecule has 0 aliphatic carbocycles. The van der Waals surface area contributed by atoms with Crippen LogP contribution in [0.25, 0.3) is 11.1 Å². The lowest BCUT2D eigenvalue weighted by Gasteiger charge is -2.09. The molecule has 0 fully saturated rings.